The summed E-state index contributed by atoms with van der Waals surface area (Å²) >= 11 is 1.69. The first-order chi connectivity index (χ1) is 12.7. The van der Waals surface area contributed by atoms with Crippen LogP contribution in [0.5, 0.6) is 0 Å². The summed E-state index contributed by atoms with van der Waals surface area (Å²) in [5.41, 5.74) is 3.49. The van der Waals surface area contributed by atoms with Gasteiger partial charge in [0.25, 0.3) is 0 Å². The molecule has 8 heteroatoms. The van der Waals surface area contributed by atoms with E-state index in [-0.39, 0.29) is 24.0 Å². The molecule has 0 unspecified atom stereocenters. The van der Waals surface area contributed by atoms with E-state index in [1.807, 2.05) is 36.0 Å². The van der Waals surface area contributed by atoms with Crippen molar-refractivity contribution in [2.45, 2.75) is 26.4 Å². The van der Waals surface area contributed by atoms with Gasteiger partial charge in [0.1, 0.15) is 0 Å². The molecule has 27 heavy (non-hydrogen) atoms. The third kappa shape index (κ3) is 6.94. The van der Waals surface area contributed by atoms with Gasteiger partial charge in [-0.2, -0.15) is 5.10 Å². The maximum atomic E-state index is 4.47. The van der Waals surface area contributed by atoms with E-state index in [0.717, 1.165) is 41.7 Å². The summed E-state index contributed by atoms with van der Waals surface area (Å²) in [5.74, 6) is 0.785. The van der Waals surface area contributed by atoms with Gasteiger partial charge in [0.2, 0.25) is 0 Å². The topological polar surface area (TPSA) is 67.1 Å². The molecule has 0 aliphatic rings. The van der Waals surface area contributed by atoms with Gasteiger partial charge in [-0.25, -0.2) is 4.98 Å². The largest absolute Gasteiger partial charge is 0.356 e. The molecular weight excluding hydrogens is 471 g/mol. The molecule has 3 rings (SSSR count). The molecule has 0 aliphatic heterocycles. The lowest BCUT2D eigenvalue weighted by Crippen LogP contribution is -2.37. The number of guanidine groups is 1. The molecule has 0 radical (unpaired) electrons. The van der Waals surface area contributed by atoms with Gasteiger partial charge < -0.3 is 10.6 Å². The minimum atomic E-state index is 0. The summed E-state index contributed by atoms with van der Waals surface area (Å²) < 4.78 is 1.95. The van der Waals surface area contributed by atoms with Crippen LogP contribution in [0.15, 0.2) is 53.1 Å². The summed E-state index contributed by atoms with van der Waals surface area (Å²) in [5, 5.41) is 14.3. The van der Waals surface area contributed by atoms with Crippen LogP contribution >= 0.6 is 35.3 Å². The van der Waals surface area contributed by atoms with Gasteiger partial charge in [0, 0.05) is 43.7 Å². The summed E-state index contributed by atoms with van der Waals surface area (Å²) in [6, 6.07) is 10.3. The van der Waals surface area contributed by atoms with Crippen molar-refractivity contribution in [2.24, 2.45) is 4.99 Å². The normalized spacial score (nSPS) is 11.1. The van der Waals surface area contributed by atoms with E-state index in [0.29, 0.717) is 6.54 Å². The van der Waals surface area contributed by atoms with Crippen molar-refractivity contribution in [3.63, 3.8) is 0 Å². The second-order valence-corrected chi connectivity index (χ2v) is 7.05. The van der Waals surface area contributed by atoms with E-state index in [2.05, 4.69) is 49.4 Å². The molecule has 1 aromatic carbocycles. The van der Waals surface area contributed by atoms with Crippen molar-refractivity contribution in [1.29, 1.82) is 0 Å². The van der Waals surface area contributed by atoms with Crippen molar-refractivity contribution in [2.75, 3.05) is 13.6 Å². The van der Waals surface area contributed by atoms with Gasteiger partial charge in [0.05, 0.1) is 23.4 Å². The number of nitrogens with one attached hydrogen (secondary N) is 2. The van der Waals surface area contributed by atoms with Crippen molar-refractivity contribution in [3.8, 4) is 0 Å². The van der Waals surface area contributed by atoms with Crippen LogP contribution in [0.4, 0.5) is 0 Å². The highest BCUT2D eigenvalue weighted by molar-refractivity contribution is 14.0. The maximum absolute atomic E-state index is 4.47. The molecule has 0 amide bonds. The van der Waals surface area contributed by atoms with Crippen LogP contribution in [-0.2, 0) is 19.5 Å². The standard InChI is InChI=1S/C19H24N6S.HI/c1-15-24-18(14-26-15)8-9-21-19(20-2)22-10-17-11-23-25(13-17)12-16-6-4-3-5-7-16;/h3-7,11,13-14H,8-10,12H2,1-2H3,(H2,20,21,22);1H. The Morgan fingerprint density at radius 2 is 2.00 bits per heavy atom. The fraction of sp³-hybridized carbons (Fsp3) is 0.316. The lowest BCUT2D eigenvalue weighted by molar-refractivity contribution is 0.685. The zero-order chi connectivity index (χ0) is 18.2. The van der Waals surface area contributed by atoms with Crippen LogP contribution < -0.4 is 10.6 Å². The minimum absolute atomic E-state index is 0. The Labute approximate surface area is 181 Å². The predicted octanol–water partition coefficient (Wildman–Crippen LogP) is 3.22. The number of thiazole rings is 1. The molecule has 2 aromatic heterocycles. The minimum Gasteiger partial charge on any atom is -0.356 e. The van der Waals surface area contributed by atoms with Gasteiger partial charge in [-0.05, 0) is 12.5 Å². The molecule has 0 saturated carbocycles. The SMILES string of the molecule is CN=C(NCCc1csc(C)n1)NCc1cnn(Cc2ccccc2)c1.I. The number of hydrogen-bond acceptors (Lipinski definition) is 4. The van der Waals surface area contributed by atoms with Crippen LogP contribution in [0.3, 0.4) is 0 Å². The van der Waals surface area contributed by atoms with E-state index >= 15 is 0 Å². The molecule has 6 nitrogen and oxygen atoms in total. The summed E-state index contributed by atoms with van der Waals surface area (Å²) in [4.78, 5) is 8.73. The maximum Gasteiger partial charge on any atom is 0.191 e. The fourth-order valence-electron chi connectivity index (χ4n) is 2.59. The third-order valence-electron chi connectivity index (χ3n) is 3.90. The van der Waals surface area contributed by atoms with Crippen LogP contribution in [-0.4, -0.2) is 34.3 Å². The zero-order valence-electron chi connectivity index (χ0n) is 15.6. The number of aryl methyl sites for hydroxylation is 1. The van der Waals surface area contributed by atoms with E-state index < -0.39 is 0 Å². The Hall–Kier alpha value is -1.94. The molecule has 0 saturated heterocycles. The molecule has 0 aliphatic carbocycles. The zero-order valence-corrected chi connectivity index (χ0v) is 18.7. The van der Waals surface area contributed by atoms with Crippen LogP contribution in [0, 0.1) is 6.92 Å². The third-order valence-corrected chi connectivity index (χ3v) is 4.72. The molecule has 2 heterocycles. The smallest absolute Gasteiger partial charge is 0.191 e. The highest BCUT2D eigenvalue weighted by Crippen LogP contribution is 2.07. The van der Waals surface area contributed by atoms with E-state index in [4.69, 9.17) is 0 Å². The first-order valence-corrected chi connectivity index (χ1v) is 9.51. The van der Waals surface area contributed by atoms with Crippen molar-refractivity contribution < 1.29 is 0 Å². The molecule has 0 bridgehead atoms. The Balaban J connectivity index is 0.00000261. The molecule has 3 aromatic rings. The second-order valence-electron chi connectivity index (χ2n) is 5.99. The average Bonchev–Trinajstić information content (AvgIpc) is 3.27. The van der Waals surface area contributed by atoms with E-state index in [1.54, 1.807) is 18.4 Å². The highest BCUT2D eigenvalue weighted by atomic mass is 127. The Morgan fingerprint density at radius 1 is 1.19 bits per heavy atom. The number of benzene rings is 1. The monoisotopic (exact) mass is 496 g/mol. The van der Waals surface area contributed by atoms with Crippen LogP contribution in [0.2, 0.25) is 0 Å². The van der Waals surface area contributed by atoms with Gasteiger partial charge >= 0.3 is 0 Å². The number of aromatic nitrogens is 3. The van der Waals surface area contributed by atoms with E-state index in [9.17, 15) is 0 Å². The number of nitrogens with zero attached hydrogens (tertiary/aromatic N) is 4. The van der Waals surface area contributed by atoms with Crippen LogP contribution in [0.1, 0.15) is 21.8 Å². The lowest BCUT2D eigenvalue weighted by Gasteiger charge is -2.10. The van der Waals surface area contributed by atoms with Gasteiger partial charge in [-0.1, -0.05) is 30.3 Å². The van der Waals surface area contributed by atoms with Crippen molar-refractivity contribution >= 4 is 41.3 Å². The molecule has 0 fully saturated rings. The predicted molar refractivity (Wildman–Crippen MR) is 122 cm³/mol. The molecule has 144 valence electrons. The summed E-state index contributed by atoms with van der Waals surface area (Å²) in [6.07, 6.45) is 4.84. The Morgan fingerprint density at radius 3 is 2.70 bits per heavy atom. The van der Waals surface area contributed by atoms with Gasteiger partial charge in [-0.3, -0.25) is 9.67 Å². The number of halogens is 1. The van der Waals surface area contributed by atoms with Gasteiger partial charge in [-0.15, -0.1) is 35.3 Å². The number of hydrogen-bond donors (Lipinski definition) is 2. The second kappa shape index (κ2) is 11.0. The summed E-state index contributed by atoms with van der Waals surface area (Å²) in [7, 11) is 1.78. The van der Waals surface area contributed by atoms with Gasteiger partial charge in [0.15, 0.2) is 5.96 Å². The fourth-order valence-corrected chi connectivity index (χ4v) is 3.24. The summed E-state index contributed by atoms with van der Waals surface area (Å²) in [6.45, 7) is 4.29. The molecular formula is C19H25IN6S. The Kier molecular flexibility index (Phi) is 8.73. The Bertz CT molecular complexity index is 843. The quantitative estimate of drug-likeness (QED) is 0.300. The molecule has 0 atom stereocenters. The van der Waals surface area contributed by atoms with Crippen molar-refractivity contribution in [3.05, 3.63) is 69.9 Å². The van der Waals surface area contributed by atoms with Crippen LogP contribution in [0.25, 0.3) is 0 Å². The molecule has 2 N–H and O–H groups in total. The lowest BCUT2D eigenvalue weighted by atomic mass is 10.2. The first-order valence-electron chi connectivity index (χ1n) is 8.63. The van der Waals surface area contributed by atoms with Crippen molar-refractivity contribution in [1.82, 2.24) is 25.4 Å². The van der Waals surface area contributed by atoms with E-state index in [1.165, 1.54) is 5.56 Å². The number of rotatable bonds is 7. The molecule has 0 spiro atoms. The number of aliphatic imine (C=N–C) groups is 1. The highest BCUT2D eigenvalue weighted by Gasteiger charge is 2.03. The average molecular weight is 496 g/mol. The first kappa shape index (κ1) is 21.4.